The van der Waals surface area contributed by atoms with Gasteiger partial charge in [0.05, 0.1) is 11.9 Å². The van der Waals surface area contributed by atoms with Gasteiger partial charge in [0.25, 0.3) is 0 Å². The van der Waals surface area contributed by atoms with Crippen molar-refractivity contribution in [3.8, 4) is 0 Å². The second-order valence-corrected chi connectivity index (χ2v) is 5.03. The molecular formula is C15H17FN4O4. The number of aromatic carboxylic acids is 1. The lowest BCUT2D eigenvalue weighted by atomic mass is 10.2. The van der Waals surface area contributed by atoms with E-state index in [9.17, 15) is 18.8 Å². The Bertz CT molecular complexity index is 849. The molecule has 0 fully saturated rings. The number of halogens is 1. The molecule has 0 aliphatic heterocycles. The first-order chi connectivity index (χ1) is 11.4. The number of carbonyl (C=O) groups excluding carboxylic acids is 1. The van der Waals surface area contributed by atoms with Crippen molar-refractivity contribution in [3.63, 3.8) is 0 Å². The molecule has 0 saturated heterocycles. The monoisotopic (exact) mass is 336 g/mol. The van der Waals surface area contributed by atoms with E-state index < -0.39 is 22.8 Å². The van der Waals surface area contributed by atoms with Crippen LogP contribution in [-0.4, -0.2) is 46.5 Å². The number of rotatable bonds is 7. The molecule has 2 heterocycles. The lowest BCUT2D eigenvalue weighted by Crippen LogP contribution is -2.33. The summed E-state index contributed by atoms with van der Waals surface area (Å²) in [5, 5.41) is 8.98. The molecule has 0 amide bonds. The summed E-state index contributed by atoms with van der Waals surface area (Å²) >= 11 is 0. The van der Waals surface area contributed by atoms with Crippen molar-refractivity contribution in [2.45, 2.75) is 13.5 Å². The highest BCUT2D eigenvalue weighted by molar-refractivity contribution is 5.92. The molecular weight excluding hydrogens is 319 g/mol. The van der Waals surface area contributed by atoms with Crippen LogP contribution in [-0.2, 0) is 11.3 Å². The van der Waals surface area contributed by atoms with Gasteiger partial charge in [0.15, 0.2) is 11.6 Å². The summed E-state index contributed by atoms with van der Waals surface area (Å²) in [6.07, 6.45) is 1.77. The molecule has 2 aromatic rings. The molecule has 0 spiro atoms. The lowest BCUT2D eigenvalue weighted by molar-refractivity contribution is -0.106. The third kappa shape index (κ3) is 3.11. The van der Waals surface area contributed by atoms with E-state index in [-0.39, 0.29) is 36.5 Å². The number of fused-ring (bicyclic) bond motifs is 1. The summed E-state index contributed by atoms with van der Waals surface area (Å²) in [5.74, 6) is -2.32. The van der Waals surface area contributed by atoms with Crippen LogP contribution < -0.4 is 16.1 Å². The normalized spacial score (nSPS) is 10.8. The molecule has 0 aliphatic rings. The first-order valence-electron chi connectivity index (χ1n) is 7.30. The van der Waals surface area contributed by atoms with Crippen LogP contribution >= 0.6 is 0 Å². The van der Waals surface area contributed by atoms with Crippen molar-refractivity contribution in [1.29, 1.82) is 0 Å². The van der Waals surface area contributed by atoms with E-state index in [1.165, 1.54) is 15.7 Å². The van der Waals surface area contributed by atoms with Gasteiger partial charge in [-0.1, -0.05) is 0 Å². The minimum atomic E-state index is -1.39. The van der Waals surface area contributed by atoms with Gasteiger partial charge >= 0.3 is 5.97 Å². The molecule has 0 aliphatic carbocycles. The maximum absolute atomic E-state index is 14.4. The SMILES string of the molecule is CCn1cc(C(=O)O)c(=O)c2cc(F)c(N(CC=O)CCN)nc21. The van der Waals surface area contributed by atoms with Crippen molar-refractivity contribution in [2.75, 3.05) is 24.5 Å². The van der Waals surface area contributed by atoms with Crippen LogP contribution in [0.15, 0.2) is 17.1 Å². The molecule has 0 bridgehead atoms. The van der Waals surface area contributed by atoms with Crippen molar-refractivity contribution >= 4 is 29.1 Å². The van der Waals surface area contributed by atoms with Crippen LogP contribution in [0.1, 0.15) is 17.3 Å². The quantitative estimate of drug-likeness (QED) is 0.694. The van der Waals surface area contributed by atoms with Gasteiger partial charge in [0.2, 0.25) is 5.43 Å². The van der Waals surface area contributed by atoms with Gasteiger partial charge in [-0.2, -0.15) is 0 Å². The van der Waals surface area contributed by atoms with Gasteiger partial charge in [0, 0.05) is 25.8 Å². The predicted octanol–water partition coefficient (Wildman–Crippen LogP) is 0.218. The lowest BCUT2D eigenvalue weighted by Gasteiger charge is -2.22. The van der Waals surface area contributed by atoms with E-state index in [0.29, 0.717) is 12.8 Å². The van der Waals surface area contributed by atoms with E-state index in [4.69, 9.17) is 10.8 Å². The number of aldehydes is 1. The van der Waals surface area contributed by atoms with Gasteiger partial charge < -0.3 is 25.1 Å². The average Bonchev–Trinajstić information content (AvgIpc) is 2.55. The minimum absolute atomic E-state index is 0.101. The van der Waals surface area contributed by atoms with Crippen LogP contribution in [0.3, 0.4) is 0 Å². The number of nitrogens with two attached hydrogens (primary N) is 1. The van der Waals surface area contributed by atoms with Crippen LogP contribution in [0.4, 0.5) is 10.2 Å². The molecule has 24 heavy (non-hydrogen) atoms. The fourth-order valence-corrected chi connectivity index (χ4v) is 2.42. The number of hydrogen-bond acceptors (Lipinski definition) is 6. The van der Waals surface area contributed by atoms with E-state index in [2.05, 4.69) is 4.98 Å². The van der Waals surface area contributed by atoms with E-state index in [1.54, 1.807) is 6.92 Å². The number of nitrogens with zero attached hydrogens (tertiary/aromatic N) is 3. The summed E-state index contributed by atoms with van der Waals surface area (Å²) in [6.45, 7) is 2.36. The first-order valence-corrected chi connectivity index (χ1v) is 7.30. The third-order valence-corrected chi connectivity index (χ3v) is 3.55. The molecule has 0 unspecified atom stereocenters. The van der Waals surface area contributed by atoms with Crippen LogP contribution in [0.2, 0.25) is 0 Å². The summed E-state index contributed by atoms with van der Waals surface area (Å²) in [7, 11) is 0. The molecule has 2 aromatic heterocycles. The van der Waals surface area contributed by atoms with Gasteiger partial charge in [0.1, 0.15) is 17.5 Å². The van der Waals surface area contributed by atoms with E-state index in [0.717, 1.165) is 6.07 Å². The Morgan fingerprint density at radius 3 is 2.79 bits per heavy atom. The summed E-state index contributed by atoms with van der Waals surface area (Å²) in [5.41, 5.74) is 4.36. The summed E-state index contributed by atoms with van der Waals surface area (Å²) < 4.78 is 15.9. The number of hydrogen-bond donors (Lipinski definition) is 2. The fraction of sp³-hybridized carbons (Fsp3) is 0.333. The molecule has 3 N–H and O–H groups in total. The number of carboxylic acid groups (broad SMARTS) is 1. The maximum atomic E-state index is 14.4. The largest absolute Gasteiger partial charge is 0.477 e. The number of carboxylic acids is 1. The van der Waals surface area contributed by atoms with Crippen LogP contribution in [0.5, 0.6) is 0 Å². The second-order valence-electron chi connectivity index (χ2n) is 5.03. The average molecular weight is 336 g/mol. The zero-order valence-electron chi connectivity index (χ0n) is 13.0. The number of carbonyl (C=O) groups is 2. The number of aromatic nitrogens is 2. The number of anilines is 1. The fourth-order valence-electron chi connectivity index (χ4n) is 2.42. The Hall–Kier alpha value is -2.81. The Kier molecular flexibility index (Phi) is 5.24. The Morgan fingerprint density at radius 1 is 1.54 bits per heavy atom. The topological polar surface area (TPSA) is 119 Å². The highest BCUT2D eigenvalue weighted by Crippen LogP contribution is 2.21. The molecule has 128 valence electrons. The van der Waals surface area contributed by atoms with Gasteiger partial charge in [-0.15, -0.1) is 0 Å². The van der Waals surface area contributed by atoms with Crippen molar-refractivity contribution in [2.24, 2.45) is 5.73 Å². The Balaban J connectivity index is 2.78. The highest BCUT2D eigenvalue weighted by Gasteiger charge is 2.20. The van der Waals surface area contributed by atoms with E-state index in [1.807, 2.05) is 0 Å². The van der Waals surface area contributed by atoms with Crippen molar-refractivity contribution in [3.05, 3.63) is 33.9 Å². The molecule has 0 radical (unpaired) electrons. The van der Waals surface area contributed by atoms with Crippen molar-refractivity contribution < 1.29 is 19.1 Å². The Morgan fingerprint density at radius 2 is 2.25 bits per heavy atom. The summed E-state index contributed by atoms with van der Waals surface area (Å²) in [4.78, 5) is 39.7. The zero-order chi connectivity index (χ0) is 17.9. The van der Waals surface area contributed by atoms with Crippen LogP contribution in [0.25, 0.3) is 11.0 Å². The molecule has 9 heteroatoms. The van der Waals surface area contributed by atoms with E-state index >= 15 is 0 Å². The smallest absolute Gasteiger partial charge is 0.341 e. The third-order valence-electron chi connectivity index (χ3n) is 3.55. The summed E-state index contributed by atoms with van der Waals surface area (Å²) in [6, 6.07) is 0.951. The van der Waals surface area contributed by atoms with Gasteiger partial charge in [-0.05, 0) is 13.0 Å². The second kappa shape index (κ2) is 7.18. The van der Waals surface area contributed by atoms with Gasteiger partial charge in [-0.25, -0.2) is 14.2 Å². The Labute approximate surface area is 136 Å². The molecule has 0 aromatic carbocycles. The number of pyridine rings is 2. The minimum Gasteiger partial charge on any atom is -0.477 e. The zero-order valence-corrected chi connectivity index (χ0v) is 13.0. The molecule has 0 atom stereocenters. The molecule has 0 saturated carbocycles. The highest BCUT2D eigenvalue weighted by atomic mass is 19.1. The molecule has 8 nitrogen and oxygen atoms in total. The van der Waals surface area contributed by atoms with Crippen LogP contribution in [0, 0.1) is 5.82 Å². The standard InChI is InChI=1S/C15H17FN4O4/c1-2-19-8-10(15(23)24)12(22)9-7-11(16)14(18-13(9)19)20(4-3-17)5-6-21/h6-8H,2-5,17H2,1H3,(H,23,24). The first kappa shape index (κ1) is 17.5. The predicted molar refractivity (Wildman–Crippen MR) is 85.9 cm³/mol. The number of aryl methyl sites for hydroxylation is 1. The maximum Gasteiger partial charge on any atom is 0.341 e. The van der Waals surface area contributed by atoms with Crippen molar-refractivity contribution in [1.82, 2.24) is 9.55 Å². The molecule has 2 rings (SSSR count). The van der Waals surface area contributed by atoms with Gasteiger partial charge in [-0.3, -0.25) is 4.79 Å².